The Morgan fingerprint density at radius 2 is 2.12 bits per heavy atom. The molecule has 1 aromatic heterocycles. The number of carbonyl (C=O) groups excluding carboxylic acids is 1. The molecule has 3 aromatic rings. The molecule has 34 heavy (non-hydrogen) atoms. The third kappa shape index (κ3) is 4.97. The largest absolute Gasteiger partial charge is 0.374 e. The summed E-state index contributed by atoms with van der Waals surface area (Å²) < 4.78 is 25.1. The van der Waals surface area contributed by atoms with Crippen molar-refractivity contribution < 1.29 is 18.3 Å². The van der Waals surface area contributed by atoms with Crippen LogP contribution >= 0.6 is 0 Å². The third-order valence-corrected chi connectivity index (χ3v) is 7.29. The molecule has 0 unspecified atom stereocenters. The van der Waals surface area contributed by atoms with Crippen molar-refractivity contribution in [3.63, 3.8) is 0 Å². The molecular weight excluding hydrogens is 452 g/mol. The van der Waals surface area contributed by atoms with Crippen LogP contribution in [0.15, 0.2) is 61.2 Å². The molecule has 1 aliphatic rings. The van der Waals surface area contributed by atoms with Gasteiger partial charge in [-0.25, -0.2) is 8.42 Å². The van der Waals surface area contributed by atoms with E-state index in [9.17, 15) is 18.3 Å². The topological polar surface area (TPSA) is 129 Å². The monoisotopic (exact) mass is 480 g/mol. The number of amides is 1. The van der Waals surface area contributed by atoms with Crippen molar-refractivity contribution in [2.24, 2.45) is 5.73 Å². The van der Waals surface area contributed by atoms with Crippen molar-refractivity contribution in [1.82, 2.24) is 14.6 Å². The number of fused-ring (bicyclic) bond motifs is 1. The van der Waals surface area contributed by atoms with Crippen molar-refractivity contribution in [2.45, 2.75) is 19.2 Å². The second-order valence-electron chi connectivity index (χ2n) is 8.34. The number of aromatic amines is 1. The van der Waals surface area contributed by atoms with Gasteiger partial charge in [0.2, 0.25) is 15.9 Å². The van der Waals surface area contributed by atoms with Gasteiger partial charge < -0.3 is 21.1 Å². The molecule has 4 rings (SSSR count). The normalized spacial score (nSPS) is 15.7. The lowest BCUT2D eigenvalue weighted by atomic mass is 9.96. The average Bonchev–Trinajstić information content (AvgIpc) is 3.27. The van der Waals surface area contributed by atoms with Crippen LogP contribution in [0.2, 0.25) is 0 Å². The van der Waals surface area contributed by atoms with Crippen LogP contribution in [0, 0.1) is 0 Å². The first-order chi connectivity index (χ1) is 16.2. The molecule has 0 bridgehead atoms. The summed E-state index contributed by atoms with van der Waals surface area (Å²) in [5, 5.41) is 13.8. The van der Waals surface area contributed by atoms with Gasteiger partial charge in [-0.1, -0.05) is 43.0 Å². The van der Waals surface area contributed by atoms with Gasteiger partial charge in [0.15, 0.2) is 0 Å². The van der Waals surface area contributed by atoms with Crippen LogP contribution in [0.25, 0.3) is 27.6 Å². The Bertz CT molecular complexity index is 1390. The van der Waals surface area contributed by atoms with Crippen molar-refractivity contribution in [3.05, 3.63) is 78.0 Å². The number of rotatable bonds is 7. The Morgan fingerprint density at radius 3 is 2.76 bits per heavy atom. The zero-order valence-corrected chi connectivity index (χ0v) is 19.7. The molecule has 9 heteroatoms. The maximum absolute atomic E-state index is 11.8. The van der Waals surface area contributed by atoms with Crippen LogP contribution in [0.3, 0.4) is 0 Å². The fourth-order valence-corrected chi connectivity index (χ4v) is 4.99. The number of nitrogens with zero attached hydrogens (tertiary/aromatic N) is 1. The number of nitrogens with two attached hydrogens (primary N) is 1. The molecule has 0 radical (unpaired) electrons. The predicted octanol–water partition coefficient (Wildman–Crippen LogP) is 2.64. The van der Waals surface area contributed by atoms with E-state index in [0.29, 0.717) is 31.6 Å². The molecule has 0 saturated heterocycles. The fourth-order valence-electron chi connectivity index (χ4n) is 4.22. The molecule has 2 heterocycles. The van der Waals surface area contributed by atoms with Crippen molar-refractivity contribution in [2.75, 3.05) is 19.3 Å². The van der Waals surface area contributed by atoms with Gasteiger partial charge in [-0.05, 0) is 46.9 Å². The zero-order valence-electron chi connectivity index (χ0n) is 18.9. The van der Waals surface area contributed by atoms with Crippen molar-refractivity contribution >= 4 is 32.4 Å². The first kappa shape index (κ1) is 23.9. The van der Waals surface area contributed by atoms with E-state index in [2.05, 4.69) is 16.9 Å². The molecule has 2 aromatic carbocycles. The number of carbonyl (C=O) groups is 1. The van der Waals surface area contributed by atoms with Crippen molar-refractivity contribution in [3.8, 4) is 11.1 Å². The summed E-state index contributed by atoms with van der Waals surface area (Å²) in [6.45, 7) is 4.58. The number of H-pyrrole nitrogens is 1. The van der Waals surface area contributed by atoms with Crippen LogP contribution in [-0.2, 0) is 21.4 Å². The van der Waals surface area contributed by atoms with Crippen LogP contribution < -0.4 is 11.1 Å². The van der Waals surface area contributed by atoms with E-state index in [0.717, 1.165) is 38.9 Å². The Hall–Kier alpha value is -3.24. The first-order valence-corrected chi connectivity index (χ1v) is 12.8. The summed E-state index contributed by atoms with van der Waals surface area (Å²) in [4.78, 5) is 14.9. The molecule has 1 aliphatic heterocycles. The summed E-state index contributed by atoms with van der Waals surface area (Å²) in [6.07, 6.45) is 3.79. The first-order valence-electron chi connectivity index (χ1n) is 10.9. The molecule has 1 atom stereocenters. The van der Waals surface area contributed by atoms with E-state index in [4.69, 9.17) is 5.73 Å². The highest BCUT2D eigenvalue weighted by atomic mass is 32.2. The Balaban J connectivity index is 1.74. The summed E-state index contributed by atoms with van der Waals surface area (Å²) in [5.41, 5.74) is 11.9. The number of aromatic nitrogens is 1. The van der Waals surface area contributed by atoms with E-state index in [1.807, 2.05) is 42.5 Å². The van der Waals surface area contributed by atoms with E-state index in [1.54, 1.807) is 6.07 Å². The van der Waals surface area contributed by atoms with E-state index < -0.39 is 16.3 Å². The summed E-state index contributed by atoms with van der Waals surface area (Å²) in [7, 11) is -3.24. The summed E-state index contributed by atoms with van der Waals surface area (Å²) in [6, 6.07) is 13.6. The lowest BCUT2D eigenvalue weighted by Gasteiger charge is -2.23. The molecule has 0 aliphatic carbocycles. The van der Waals surface area contributed by atoms with Gasteiger partial charge in [0, 0.05) is 36.3 Å². The van der Waals surface area contributed by atoms with Gasteiger partial charge >= 0.3 is 0 Å². The van der Waals surface area contributed by atoms with E-state index in [-0.39, 0.29) is 5.91 Å². The number of nitrogens with one attached hydrogen (secondary N) is 2. The van der Waals surface area contributed by atoms with Crippen LogP contribution in [0.4, 0.5) is 0 Å². The van der Waals surface area contributed by atoms with Gasteiger partial charge in [0.1, 0.15) is 6.23 Å². The van der Waals surface area contributed by atoms with E-state index in [1.165, 1.54) is 16.6 Å². The van der Waals surface area contributed by atoms with Crippen molar-refractivity contribution in [1.29, 1.82) is 0 Å². The smallest absolute Gasteiger partial charge is 0.243 e. The standard InChI is InChI=1S/C25H28N4O4S/c1-3-23(30)27-15-16-5-4-6-18(13-16)19-7-8-20(25(26)31)24-21(19)14-22(28-24)17-9-11-29(12-10-17)34(2,32)33/h3-9,13-14,25,28,31H,1,10-12,15,26H2,2H3,(H,27,30)/t25-/m0/s1. The molecule has 0 saturated carbocycles. The molecule has 5 N–H and O–H groups in total. The number of hydrogen-bond acceptors (Lipinski definition) is 5. The summed E-state index contributed by atoms with van der Waals surface area (Å²) in [5.74, 6) is -0.237. The van der Waals surface area contributed by atoms with Gasteiger partial charge in [-0.2, -0.15) is 4.31 Å². The number of aliphatic hydroxyl groups excluding tert-OH is 1. The Labute approximate surface area is 198 Å². The highest BCUT2D eigenvalue weighted by Crippen LogP contribution is 2.36. The molecule has 1 amide bonds. The highest BCUT2D eigenvalue weighted by Gasteiger charge is 2.22. The van der Waals surface area contributed by atoms with Crippen LogP contribution in [0.5, 0.6) is 0 Å². The van der Waals surface area contributed by atoms with Crippen LogP contribution in [-0.4, -0.2) is 48.1 Å². The number of hydrogen-bond donors (Lipinski definition) is 4. The molecule has 8 nitrogen and oxygen atoms in total. The predicted molar refractivity (Wildman–Crippen MR) is 134 cm³/mol. The van der Waals surface area contributed by atoms with Gasteiger partial charge in [0.25, 0.3) is 0 Å². The molecule has 178 valence electrons. The van der Waals surface area contributed by atoms with Gasteiger partial charge in [0.05, 0.1) is 11.8 Å². The fraction of sp³-hybridized carbons (Fsp3) is 0.240. The van der Waals surface area contributed by atoms with E-state index >= 15 is 0 Å². The molecular formula is C25H28N4O4S. The minimum Gasteiger partial charge on any atom is -0.374 e. The van der Waals surface area contributed by atoms with Gasteiger partial charge in [-0.3, -0.25) is 4.79 Å². The SMILES string of the molecule is C=CC(=O)NCc1cccc(-c2ccc([C@@H](N)O)c3[nH]c(C4=CCN(S(C)(=O)=O)CC4)cc23)c1. The average molecular weight is 481 g/mol. The minimum absolute atomic E-state index is 0.237. The highest BCUT2D eigenvalue weighted by molar-refractivity contribution is 7.88. The van der Waals surface area contributed by atoms with Crippen LogP contribution in [0.1, 0.15) is 29.5 Å². The quantitative estimate of drug-likeness (QED) is 0.305. The maximum Gasteiger partial charge on any atom is 0.243 e. The molecule has 0 fully saturated rings. The summed E-state index contributed by atoms with van der Waals surface area (Å²) >= 11 is 0. The second kappa shape index (κ2) is 9.55. The van der Waals surface area contributed by atoms with Gasteiger partial charge in [-0.15, -0.1) is 0 Å². The Morgan fingerprint density at radius 1 is 1.32 bits per heavy atom. The maximum atomic E-state index is 11.8. The zero-order chi connectivity index (χ0) is 24.5. The molecule has 0 spiro atoms. The number of sulfonamides is 1. The number of aliphatic hydroxyl groups is 1. The number of benzene rings is 2. The second-order valence-corrected chi connectivity index (χ2v) is 10.3. The Kier molecular flexibility index (Phi) is 6.72. The third-order valence-electron chi connectivity index (χ3n) is 6.02. The minimum atomic E-state index is -3.24. The lowest BCUT2D eigenvalue weighted by molar-refractivity contribution is -0.116. The lowest BCUT2D eigenvalue weighted by Crippen LogP contribution is -2.33.